The molecule has 4 N–H and O–H groups in total. The Morgan fingerprint density at radius 3 is 2.71 bits per heavy atom. The molecule has 9 heteroatoms. The van der Waals surface area contributed by atoms with Crippen LogP contribution < -0.4 is 21.1 Å². The molecule has 2 unspecified atom stereocenters. The van der Waals surface area contributed by atoms with Crippen molar-refractivity contribution < 1.29 is 9.47 Å². The fourth-order valence-corrected chi connectivity index (χ4v) is 4.28. The van der Waals surface area contributed by atoms with Crippen molar-refractivity contribution in [3.63, 3.8) is 0 Å². The van der Waals surface area contributed by atoms with Gasteiger partial charge in [-0.25, -0.2) is 4.98 Å². The van der Waals surface area contributed by atoms with Gasteiger partial charge in [0.15, 0.2) is 0 Å². The predicted octanol–water partition coefficient (Wildman–Crippen LogP) is 2.51. The summed E-state index contributed by atoms with van der Waals surface area (Å²) in [6.07, 6.45) is 8.56. The van der Waals surface area contributed by atoms with E-state index in [-0.39, 0.29) is 6.04 Å². The molecule has 0 saturated carbocycles. The third kappa shape index (κ3) is 4.50. The highest BCUT2D eigenvalue weighted by Gasteiger charge is 2.37. The largest absolute Gasteiger partial charge is 0.496 e. The first kappa shape index (κ1) is 23.7. The fourth-order valence-electron chi connectivity index (χ4n) is 4.28. The first-order valence-electron chi connectivity index (χ1n) is 11.2. The number of rotatable bonds is 9. The van der Waals surface area contributed by atoms with E-state index in [0.29, 0.717) is 11.7 Å². The number of nitrogens with zero attached hydrogens (tertiary/aromatic N) is 4. The molecule has 0 spiro atoms. The molecule has 1 aromatic carbocycles. The lowest BCUT2D eigenvalue weighted by Crippen LogP contribution is -2.57. The second-order valence-corrected chi connectivity index (χ2v) is 8.60. The van der Waals surface area contributed by atoms with Crippen LogP contribution in [0.5, 0.6) is 5.75 Å². The van der Waals surface area contributed by atoms with E-state index in [1.165, 1.54) is 0 Å². The number of hydrogen-bond donors (Lipinski definition) is 3. The van der Waals surface area contributed by atoms with E-state index in [2.05, 4.69) is 40.7 Å². The third-order valence-corrected chi connectivity index (χ3v) is 6.30. The van der Waals surface area contributed by atoms with E-state index < -0.39 is 5.54 Å². The number of anilines is 1. The SMILES string of the molecule is CNC1(CCN(C)C)C=C(OC)C(Nc2nccc(-n3ccc4c(OC)cccc43)n2)=CC1N. The summed E-state index contributed by atoms with van der Waals surface area (Å²) in [5.41, 5.74) is 7.94. The molecule has 1 aliphatic carbocycles. The molecule has 9 nitrogen and oxygen atoms in total. The van der Waals surface area contributed by atoms with Crippen molar-refractivity contribution in [1.82, 2.24) is 24.8 Å². The minimum absolute atomic E-state index is 0.261. The van der Waals surface area contributed by atoms with Crippen molar-refractivity contribution in [2.24, 2.45) is 5.73 Å². The summed E-state index contributed by atoms with van der Waals surface area (Å²) >= 11 is 0. The van der Waals surface area contributed by atoms with Crippen molar-refractivity contribution in [2.45, 2.75) is 18.0 Å². The standard InChI is InChI=1S/C25H33N7O2/c1-27-25(11-14-31(2)3)16-21(34-5)18(15-22(25)26)29-24-28-12-9-23(30-24)32-13-10-17-19(32)7-6-8-20(17)33-4/h6-10,12-13,15-16,22,27H,11,14,26H2,1-5H3,(H,28,29,30). The number of fused-ring (bicyclic) bond motifs is 1. The molecule has 34 heavy (non-hydrogen) atoms. The normalized spacial score (nSPS) is 20.3. The summed E-state index contributed by atoms with van der Waals surface area (Å²) in [6.45, 7) is 0.888. The molecule has 0 fully saturated rings. The van der Waals surface area contributed by atoms with Gasteiger partial charge in [-0.1, -0.05) is 6.07 Å². The highest BCUT2D eigenvalue weighted by atomic mass is 16.5. The van der Waals surface area contributed by atoms with E-state index in [0.717, 1.165) is 41.1 Å². The highest BCUT2D eigenvalue weighted by molar-refractivity contribution is 5.87. The molecule has 0 aliphatic heterocycles. The van der Waals surface area contributed by atoms with Crippen molar-refractivity contribution in [1.29, 1.82) is 0 Å². The Labute approximate surface area is 200 Å². The van der Waals surface area contributed by atoms with Gasteiger partial charge in [-0.05, 0) is 70.5 Å². The van der Waals surface area contributed by atoms with Gasteiger partial charge in [0.2, 0.25) is 5.95 Å². The molecular formula is C25H33N7O2. The van der Waals surface area contributed by atoms with Gasteiger partial charge in [0.25, 0.3) is 0 Å². The lowest BCUT2D eigenvalue weighted by atomic mass is 9.82. The van der Waals surface area contributed by atoms with Crippen LogP contribution >= 0.6 is 0 Å². The fraction of sp³-hybridized carbons (Fsp3) is 0.360. The van der Waals surface area contributed by atoms with Gasteiger partial charge in [-0.3, -0.25) is 0 Å². The molecular weight excluding hydrogens is 430 g/mol. The topological polar surface area (TPSA) is 102 Å². The number of nitrogens with one attached hydrogen (secondary N) is 2. The molecule has 0 saturated heterocycles. The molecule has 180 valence electrons. The number of benzene rings is 1. The second-order valence-electron chi connectivity index (χ2n) is 8.60. The number of nitrogens with two attached hydrogens (primary N) is 1. The summed E-state index contributed by atoms with van der Waals surface area (Å²) < 4.78 is 13.2. The number of methoxy groups -OCH3 is 2. The van der Waals surface area contributed by atoms with Gasteiger partial charge >= 0.3 is 0 Å². The summed E-state index contributed by atoms with van der Waals surface area (Å²) in [7, 11) is 9.35. The Kier molecular flexibility index (Phi) is 6.87. The van der Waals surface area contributed by atoms with Crippen LogP contribution in [0.3, 0.4) is 0 Å². The zero-order valence-corrected chi connectivity index (χ0v) is 20.4. The Bertz CT molecular complexity index is 1220. The van der Waals surface area contributed by atoms with Crippen LogP contribution in [0.25, 0.3) is 16.7 Å². The molecule has 3 aromatic rings. The number of likely N-dealkylation sites (N-methyl/N-ethyl adjacent to an activating group) is 1. The maximum atomic E-state index is 6.61. The average molecular weight is 464 g/mol. The van der Waals surface area contributed by atoms with E-state index in [1.807, 2.05) is 54.2 Å². The molecule has 2 heterocycles. The maximum Gasteiger partial charge on any atom is 0.229 e. The van der Waals surface area contributed by atoms with Crippen LogP contribution in [0, 0.1) is 0 Å². The zero-order chi connectivity index (χ0) is 24.3. The molecule has 0 amide bonds. The van der Waals surface area contributed by atoms with Gasteiger partial charge in [0, 0.05) is 23.8 Å². The predicted molar refractivity (Wildman–Crippen MR) is 135 cm³/mol. The summed E-state index contributed by atoms with van der Waals surface area (Å²) in [5.74, 6) is 2.70. The van der Waals surface area contributed by atoms with Crippen LogP contribution in [0.15, 0.2) is 66.3 Å². The van der Waals surface area contributed by atoms with E-state index in [1.54, 1.807) is 20.4 Å². The van der Waals surface area contributed by atoms with Crippen molar-refractivity contribution in [2.75, 3.05) is 47.2 Å². The van der Waals surface area contributed by atoms with Gasteiger partial charge in [0.05, 0.1) is 31.0 Å². The number of ether oxygens (including phenoxy) is 2. The summed E-state index contributed by atoms with van der Waals surface area (Å²) in [4.78, 5) is 11.3. The Morgan fingerprint density at radius 1 is 1.18 bits per heavy atom. The van der Waals surface area contributed by atoms with E-state index in [4.69, 9.17) is 20.2 Å². The van der Waals surface area contributed by atoms with Crippen molar-refractivity contribution in [3.05, 3.63) is 66.3 Å². The third-order valence-electron chi connectivity index (χ3n) is 6.30. The maximum absolute atomic E-state index is 6.61. The van der Waals surface area contributed by atoms with Crippen LogP contribution in [0.4, 0.5) is 5.95 Å². The first-order valence-corrected chi connectivity index (χ1v) is 11.2. The lowest BCUT2D eigenvalue weighted by molar-refractivity contribution is 0.260. The first-order chi connectivity index (χ1) is 16.4. The van der Waals surface area contributed by atoms with Crippen molar-refractivity contribution in [3.8, 4) is 11.6 Å². The smallest absolute Gasteiger partial charge is 0.229 e. The minimum Gasteiger partial charge on any atom is -0.496 e. The van der Waals surface area contributed by atoms with Crippen LogP contribution in [-0.2, 0) is 4.74 Å². The number of aromatic nitrogens is 3. The molecule has 4 rings (SSSR count). The van der Waals surface area contributed by atoms with Crippen LogP contribution in [0.2, 0.25) is 0 Å². The highest BCUT2D eigenvalue weighted by Crippen LogP contribution is 2.30. The van der Waals surface area contributed by atoms with Gasteiger partial charge in [-0.15, -0.1) is 0 Å². The van der Waals surface area contributed by atoms with Gasteiger partial charge < -0.3 is 35.3 Å². The molecule has 2 atom stereocenters. The van der Waals surface area contributed by atoms with E-state index in [9.17, 15) is 0 Å². The Morgan fingerprint density at radius 2 is 2.00 bits per heavy atom. The van der Waals surface area contributed by atoms with Crippen LogP contribution in [0.1, 0.15) is 6.42 Å². The molecule has 0 bridgehead atoms. The monoisotopic (exact) mass is 463 g/mol. The van der Waals surface area contributed by atoms with Crippen LogP contribution in [-0.4, -0.2) is 72.9 Å². The lowest BCUT2D eigenvalue weighted by Gasteiger charge is -2.39. The quantitative estimate of drug-likeness (QED) is 0.445. The summed E-state index contributed by atoms with van der Waals surface area (Å²) in [6, 6.07) is 9.57. The average Bonchev–Trinajstić information content (AvgIpc) is 3.28. The zero-order valence-electron chi connectivity index (χ0n) is 20.4. The van der Waals surface area contributed by atoms with Crippen molar-refractivity contribution >= 4 is 16.9 Å². The molecule has 2 aromatic heterocycles. The summed E-state index contributed by atoms with van der Waals surface area (Å²) in [5, 5.41) is 7.72. The second kappa shape index (κ2) is 9.84. The van der Waals surface area contributed by atoms with Gasteiger partial charge in [-0.2, -0.15) is 4.98 Å². The van der Waals surface area contributed by atoms with E-state index >= 15 is 0 Å². The minimum atomic E-state index is -0.410. The Balaban J connectivity index is 1.62. The molecule has 0 radical (unpaired) electrons. The van der Waals surface area contributed by atoms with Gasteiger partial charge in [0.1, 0.15) is 17.3 Å². The number of hydrogen-bond acceptors (Lipinski definition) is 8. The Hall–Kier alpha value is -3.40. The molecule has 1 aliphatic rings.